The molecule has 0 atom stereocenters. The topological polar surface area (TPSA) is 29.9 Å². The summed E-state index contributed by atoms with van der Waals surface area (Å²) in [5.41, 5.74) is 2.58. The van der Waals surface area contributed by atoms with Gasteiger partial charge in [0.15, 0.2) is 0 Å². The molecular formula is C13H26ClN3. The molecule has 0 fully saturated rings. The van der Waals surface area contributed by atoms with Gasteiger partial charge in [0, 0.05) is 13.6 Å². The standard InChI is InChI=1S/C13H25N3.ClH/c1-4-5-6-7-8-9-14-11-13-12(2)10-15-16(13)3;/h10,14H,4-9,11H2,1-3H3;1H. The van der Waals surface area contributed by atoms with Crippen LogP contribution in [0.15, 0.2) is 6.20 Å². The van der Waals surface area contributed by atoms with Crippen molar-refractivity contribution in [3.05, 3.63) is 17.5 Å². The van der Waals surface area contributed by atoms with Gasteiger partial charge in [0.1, 0.15) is 0 Å². The van der Waals surface area contributed by atoms with Crippen LogP contribution in [-0.4, -0.2) is 16.3 Å². The van der Waals surface area contributed by atoms with Crippen molar-refractivity contribution in [3.8, 4) is 0 Å². The van der Waals surface area contributed by atoms with Crippen LogP contribution in [0.1, 0.15) is 50.3 Å². The van der Waals surface area contributed by atoms with Gasteiger partial charge in [-0.3, -0.25) is 4.68 Å². The van der Waals surface area contributed by atoms with Crippen LogP contribution in [0.4, 0.5) is 0 Å². The predicted molar refractivity (Wildman–Crippen MR) is 75.7 cm³/mol. The lowest BCUT2D eigenvalue weighted by Crippen LogP contribution is -2.17. The lowest BCUT2D eigenvalue weighted by molar-refractivity contribution is 0.567. The first-order chi connectivity index (χ1) is 7.75. The van der Waals surface area contributed by atoms with Gasteiger partial charge in [0.05, 0.1) is 11.9 Å². The maximum Gasteiger partial charge on any atom is 0.0547 e. The molecule has 1 aromatic rings. The molecule has 0 unspecified atom stereocenters. The predicted octanol–water partition coefficient (Wildman–Crippen LogP) is 3.21. The van der Waals surface area contributed by atoms with Gasteiger partial charge >= 0.3 is 0 Å². The molecule has 0 aromatic carbocycles. The molecule has 4 heteroatoms. The van der Waals surface area contributed by atoms with Gasteiger partial charge in [-0.15, -0.1) is 12.4 Å². The van der Waals surface area contributed by atoms with E-state index in [1.165, 1.54) is 43.4 Å². The summed E-state index contributed by atoms with van der Waals surface area (Å²) in [6.45, 7) is 6.43. The molecule has 0 radical (unpaired) electrons. The van der Waals surface area contributed by atoms with Crippen LogP contribution in [0, 0.1) is 6.92 Å². The van der Waals surface area contributed by atoms with E-state index in [4.69, 9.17) is 0 Å². The fourth-order valence-corrected chi connectivity index (χ4v) is 1.89. The molecule has 0 aliphatic heterocycles. The zero-order chi connectivity index (χ0) is 11.8. The van der Waals surface area contributed by atoms with E-state index in [2.05, 4.69) is 24.3 Å². The number of hydrogen-bond donors (Lipinski definition) is 1. The van der Waals surface area contributed by atoms with Crippen LogP contribution >= 0.6 is 12.4 Å². The van der Waals surface area contributed by atoms with Crippen molar-refractivity contribution in [2.24, 2.45) is 7.05 Å². The Morgan fingerprint density at radius 2 is 1.94 bits per heavy atom. The summed E-state index contributed by atoms with van der Waals surface area (Å²) in [4.78, 5) is 0. The molecule has 1 rings (SSSR count). The first kappa shape index (κ1) is 16.5. The van der Waals surface area contributed by atoms with E-state index in [1.807, 2.05) is 17.9 Å². The number of aryl methyl sites for hydroxylation is 2. The average molecular weight is 260 g/mol. The minimum atomic E-state index is 0. The quantitative estimate of drug-likeness (QED) is 0.727. The van der Waals surface area contributed by atoms with Gasteiger partial charge in [-0.2, -0.15) is 5.10 Å². The van der Waals surface area contributed by atoms with Gasteiger partial charge in [-0.25, -0.2) is 0 Å². The fourth-order valence-electron chi connectivity index (χ4n) is 1.89. The van der Waals surface area contributed by atoms with Crippen molar-refractivity contribution in [1.82, 2.24) is 15.1 Å². The second-order valence-corrected chi connectivity index (χ2v) is 4.49. The number of nitrogens with zero attached hydrogens (tertiary/aromatic N) is 2. The van der Waals surface area contributed by atoms with Crippen molar-refractivity contribution >= 4 is 12.4 Å². The van der Waals surface area contributed by atoms with Crippen LogP contribution in [0.5, 0.6) is 0 Å². The van der Waals surface area contributed by atoms with E-state index in [-0.39, 0.29) is 12.4 Å². The summed E-state index contributed by atoms with van der Waals surface area (Å²) in [7, 11) is 2.01. The van der Waals surface area contributed by atoms with Gasteiger partial charge in [-0.1, -0.05) is 32.6 Å². The van der Waals surface area contributed by atoms with Crippen molar-refractivity contribution in [2.75, 3.05) is 6.54 Å². The molecule has 0 aliphatic carbocycles. The Hall–Kier alpha value is -0.540. The Morgan fingerprint density at radius 1 is 1.24 bits per heavy atom. The van der Waals surface area contributed by atoms with Gasteiger partial charge in [0.2, 0.25) is 0 Å². The number of aromatic nitrogens is 2. The molecule has 1 aromatic heterocycles. The highest BCUT2D eigenvalue weighted by Gasteiger charge is 2.02. The first-order valence-electron chi connectivity index (χ1n) is 6.44. The van der Waals surface area contributed by atoms with Crippen LogP contribution < -0.4 is 5.32 Å². The van der Waals surface area contributed by atoms with Crippen LogP contribution in [0.2, 0.25) is 0 Å². The summed E-state index contributed by atoms with van der Waals surface area (Å²) < 4.78 is 1.96. The molecule has 17 heavy (non-hydrogen) atoms. The summed E-state index contributed by atoms with van der Waals surface area (Å²) >= 11 is 0. The summed E-state index contributed by atoms with van der Waals surface area (Å²) in [6.07, 6.45) is 8.64. The minimum absolute atomic E-state index is 0. The van der Waals surface area contributed by atoms with E-state index in [0.717, 1.165) is 13.1 Å². The Labute approximate surface area is 111 Å². The van der Waals surface area contributed by atoms with Crippen molar-refractivity contribution < 1.29 is 0 Å². The van der Waals surface area contributed by atoms with Crippen LogP contribution in [0.3, 0.4) is 0 Å². The van der Waals surface area contributed by atoms with E-state index >= 15 is 0 Å². The molecule has 0 saturated carbocycles. The molecular weight excluding hydrogens is 234 g/mol. The molecule has 3 nitrogen and oxygen atoms in total. The summed E-state index contributed by atoms with van der Waals surface area (Å²) in [5.74, 6) is 0. The highest BCUT2D eigenvalue weighted by atomic mass is 35.5. The number of rotatable bonds is 8. The van der Waals surface area contributed by atoms with Gasteiger partial charge < -0.3 is 5.32 Å². The van der Waals surface area contributed by atoms with E-state index in [9.17, 15) is 0 Å². The Bertz CT molecular complexity index is 277. The second-order valence-electron chi connectivity index (χ2n) is 4.49. The highest BCUT2D eigenvalue weighted by molar-refractivity contribution is 5.85. The Balaban J connectivity index is 0.00000256. The largest absolute Gasteiger partial charge is 0.311 e. The first-order valence-corrected chi connectivity index (χ1v) is 6.44. The average Bonchev–Trinajstić information content (AvgIpc) is 2.59. The Morgan fingerprint density at radius 3 is 2.53 bits per heavy atom. The Kier molecular flexibility index (Phi) is 9.18. The zero-order valence-corrected chi connectivity index (χ0v) is 12.1. The normalized spacial score (nSPS) is 10.3. The third kappa shape index (κ3) is 6.08. The molecule has 1 heterocycles. The molecule has 0 bridgehead atoms. The fraction of sp³-hybridized carbons (Fsp3) is 0.769. The zero-order valence-electron chi connectivity index (χ0n) is 11.3. The summed E-state index contributed by atoms with van der Waals surface area (Å²) in [6, 6.07) is 0. The van der Waals surface area contributed by atoms with Gasteiger partial charge in [-0.05, 0) is 25.5 Å². The smallest absolute Gasteiger partial charge is 0.0547 e. The SMILES string of the molecule is CCCCCCCNCc1c(C)cnn1C.Cl. The lowest BCUT2D eigenvalue weighted by Gasteiger charge is -2.06. The third-order valence-corrected chi connectivity index (χ3v) is 3.02. The number of unbranched alkanes of at least 4 members (excludes halogenated alkanes) is 4. The molecule has 0 amide bonds. The molecule has 100 valence electrons. The second kappa shape index (κ2) is 9.49. The molecule has 0 aliphatic rings. The van der Waals surface area contributed by atoms with E-state index < -0.39 is 0 Å². The van der Waals surface area contributed by atoms with E-state index in [0.29, 0.717) is 0 Å². The minimum Gasteiger partial charge on any atom is -0.311 e. The monoisotopic (exact) mass is 259 g/mol. The van der Waals surface area contributed by atoms with Gasteiger partial charge in [0.25, 0.3) is 0 Å². The molecule has 0 saturated heterocycles. The van der Waals surface area contributed by atoms with Crippen LogP contribution in [-0.2, 0) is 13.6 Å². The van der Waals surface area contributed by atoms with E-state index in [1.54, 1.807) is 0 Å². The number of hydrogen-bond acceptors (Lipinski definition) is 2. The van der Waals surface area contributed by atoms with Crippen molar-refractivity contribution in [1.29, 1.82) is 0 Å². The highest BCUT2D eigenvalue weighted by Crippen LogP contribution is 2.05. The summed E-state index contributed by atoms with van der Waals surface area (Å²) in [5, 5.41) is 7.72. The maximum absolute atomic E-state index is 4.23. The third-order valence-electron chi connectivity index (χ3n) is 3.02. The lowest BCUT2D eigenvalue weighted by atomic mass is 10.1. The van der Waals surface area contributed by atoms with Crippen molar-refractivity contribution in [3.63, 3.8) is 0 Å². The van der Waals surface area contributed by atoms with Crippen LogP contribution in [0.25, 0.3) is 0 Å². The number of halogens is 1. The molecule has 0 spiro atoms. The maximum atomic E-state index is 4.23. The number of nitrogens with one attached hydrogen (secondary N) is 1. The van der Waals surface area contributed by atoms with Crippen molar-refractivity contribution in [2.45, 2.75) is 52.5 Å². The molecule has 1 N–H and O–H groups in total.